The molecule has 0 aliphatic carbocycles. The van der Waals surface area contributed by atoms with Gasteiger partial charge in [-0.2, -0.15) is 0 Å². The number of anilines is 2. The molecule has 0 bridgehead atoms. The predicted molar refractivity (Wildman–Crippen MR) is 72.2 cm³/mol. The number of nitrogens with one attached hydrogen (secondary N) is 1. The lowest BCUT2D eigenvalue weighted by atomic mass is 10.1. The van der Waals surface area contributed by atoms with Crippen molar-refractivity contribution in [1.29, 1.82) is 0 Å². The van der Waals surface area contributed by atoms with Gasteiger partial charge in [0.05, 0.1) is 16.4 Å². The molecule has 0 aliphatic heterocycles. The first-order chi connectivity index (χ1) is 8.18. The minimum atomic E-state index is 0.636. The fraction of sp³-hybridized carbons (Fsp3) is 0.154. The van der Waals surface area contributed by atoms with E-state index in [0.717, 1.165) is 11.3 Å². The number of nitrogen functional groups attached to an aromatic ring is 1. The SMILES string of the molecule is Cc1cnccc1CNc1c(N)cccc1Cl. The Labute approximate surface area is 106 Å². The molecule has 17 heavy (non-hydrogen) atoms. The zero-order valence-electron chi connectivity index (χ0n) is 9.57. The summed E-state index contributed by atoms with van der Waals surface area (Å²) in [5.41, 5.74) is 9.63. The minimum Gasteiger partial charge on any atom is -0.397 e. The van der Waals surface area contributed by atoms with Gasteiger partial charge in [0.25, 0.3) is 0 Å². The Kier molecular flexibility index (Phi) is 3.49. The maximum absolute atomic E-state index is 6.08. The molecule has 0 radical (unpaired) electrons. The second-order valence-corrected chi connectivity index (χ2v) is 4.27. The van der Waals surface area contributed by atoms with Crippen LogP contribution >= 0.6 is 11.6 Å². The second-order valence-electron chi connectivity index (χ2n) is 3.86. The monoisotopic (exact) mass is 247 g/mol. The van der Waals surface area contributed by atoms with Gasteiger partial charge in [0.15, 0.2) is 0 Å². The molecular formula is C13H14ClN3. The molecule has 0 aliphatic rings. The summed E-state index contributed by atoms with van der Waals surface area (Å²) in [7, 11) is 0. The van der Waals surface area contributed by atoms with Crippen molar-refractivity contribution in [3.05, 3.63) is 52.8 Å². The average Bonchev–Trinajstić information content (AvgIpc) is 2.30. The van der Waals surface area contributed by atoms with Crippen molar-refractivity contribution in [2.24, 2.45) is 0 Å². The van der Waals surface area contributed by atoms with Gasteiger partial charge in [-0.1, -0.05) is 17.7 Å². The van der Waals surface area contributed by atoms with E-state index in [2.05, 4.69) is 10.3 Å². The molecule has 0 fully saturated rings. The smallest absolute Gasteiger partial charge is 0.0765 e. The third-order valence-electron chi connectivity index (χ3n) is 2.64. The quantitative estimate of drug-likeness (QED) is 0.819. The van der Waals surface area contributed by atoms with Crippen LogP contribution in [0, 0.1) is 6.92 Å². The van der Waals surface area contributed by atoms with Gasteiger partial charge < -0.3 is 11.1 Å². The van der Waals surface area contributed by atoms with Crippen LogP contribution in [0.2, 0.25) is 5.02 Å². The number of aromatic nitrogens is 1. The molecule has 3 N–H and O–H groups in total. The molecular weight excluding hydrogens is 234 g/mol. The molecule has 88 valence electrons. The van der Waals surface area contributed by atoms with Crippen molar-refractivity contribution in [3.8, 4) is 0 Å². The number of halogens is 1. The summed E-state index contributed by atoms with van der Waals surface area (Å²) >= 11 is 6.08. The van der Waals surface area contributed by atoms with Gasteiger partial charge in [-0.3, -0.25) is 4.98 Å². The minimum absolute atomic E-state index is 0.636. The summed E-state index contributed by atoms with van der Waals surface area (Å²) < 4.78 is 0. The number of hydrogen-bond donors (Lipinski definition) is 2. The van der Waals surface area contributed by atoms with Crippen molar-refractivity contribution >= 4 is 23.0 Å². The molecule has 1 aromatic carbocycles. The van der Waals surface area contributed by atoms with E-state index in [1.165, 1.54) is 5.56 Å². The number of pyridine rings is 1. The van der Waals surface area contributed by atoms with Crippen molar-refractivity contribution in [1.82, 2.24) is 4.98 Å². The first kappa shape index (κ1) is 11.7. The van der Waals surface area contributed by atoms with Crippen LogP contribution in [-0.2, 0) is 6.54 Å². The van der Waals surface area contributed by atoms with Crippen molar-refractivity contribution in [2.75, 3.05) is 11.1 Å². The number of nitrogens with two attached hydrogens (primary N) is 1. The Bertz CT molecular complexity index is 506. The maximum atomic E-state index is 6.08. The summed E-state index contributed by atoms with van der Waals surface area (Å²) in [6.45, 7) is 2.71. The van der Waals surface area contributed by atoms with Crippen LogP contribution < -0.4 is 11.1 Å². The van der Waals surface area contributed by atoms with Crippen LogP contribution in [0.15, 0.2) is 36.7 Å². The fourth-order valence-electron chi connectivity index (χ4n) is 1.61. The second kappa shape index (κ2) is 5.06. The number of rotatable bonds is 3. The maximum Gasteiger partial charge on any atom is 0.0765 e. The van der Waals surface area contributed by atoms with Gasteiger partial charge in [0, 0.05) is 18.9 Å². The lowest BCUT2D eigenvalue weighted by Crippen LogP contribution is -2.04. The van der Waals surface area contributed by atoms with E-state index in [-0.39, 0.29) is 0 Å². The van der Waals surface area contributed by atoms with E-state index in [1.54, 1.807) is 6.20 Å². The van der Waals surface area contributed by atoms with Crippen molar-refractivity contribution in [2.45, 2.75) is 13.5 Å². The van der Waals surface area contributed by atoms with Crippen LogP contribution in [0.5, 0.6) is 0 Å². The van der Waals surface area contributed by atoms with Gasteiger partial charge in [-0.05, 0) is 36.2 Å². The van der Waals surface area contributed by atoms with Crippen LogP contribution in [0.3, 0.4) is 0 Å². The molecule has 0 spiro atoms. The molecule has 4 heteroatoms. The van der Waals surface area contributed by atoms with Crippen LogP contribution in [-0.4, -0.2) is 4.98 Å². The summed E-state index contributed by atoms with van der Waals surface area (Å²) in [6, 6.07) is 7.46. The Hall–Kier alpha value is -1.74. The summed E-state index contributed by atoms with van der Waals surface area (Å²) in [5.74, 6) is 0. The van der Waals surface area contributed by atoms with E-state index in [4.69, 9.17) is 17.3 Å². The molecule has 2 aromatic rings. The number of para-hydroxylation sites is 1. The Morgan fingerprint density at radius 2 is 2.18 bits per heavy atom. The first-order valence-electron chi connectivity index (χ1n) is 5.36. The lowest BCUT2D eigenvalue weighted by Gasteiger charge is -2.12. The Morgan fingerprint density at radius 3 is 2.88 bits per heavy atom. The first-order valence-corrected chi connectivity index (χ1v) is 5.73. The number of hydrogen-bond acceptors (Lipinski definition) is 3. The molecule has 0 atom stereocenters. The molecule has 3 nitrogen and oxygen atoms in total. The normalized spacial score (nSPS) is 10.2. The fourth-order valence-corrected chi connectivity index (χ4v) is 1.86. The highest BCUT2D eigenvalue weighted by Crippen LogP contribution is 2.28. The van der Waals surface area contributed by atoms with Crippen LogP contribution in [0.1, 0.15) is 11.1 Å². The zero-order chi connectivity index (χ0) is 12.3. The highest BCUT2D eigenvalue weighted by Gasteiger charge is 2.04. The summed E-state index contributed by atoms with van der Waals surface area (Å²) in [6.07, 6.45) is 3.62. The molecule has 0 unspecified atom stereocenters. The highest BCUT2D eigenvalue weighted by molar-refractivity contribution is 6.33. The largest absolute Gasteiger partial charge is 0.397 e. The van der Waals surface area contributed by atoms with E-state index >= 15 is 0 Å². The zero-order valence-corrected chi connectivity index (χ0v) is 10.3. The van der Waals surface area contributed by atoms with Crippen LogP contribution in [0.25, 0.3) is 0 Å². The van der Waals surface area contributed by atoms with E-state index in [1.807, 2.05) is 37.4 Å². The lowest BCUT2D eigenvalue weighted by molar-refractivity contribution is 1.09. The van der Waals surface area contributed by atoms with Crippen molar-refractivity contribution in [3.63, 3.8) is 0 Å². The van der Waals surface area contributed by atoms with E-state index in [9.17, 15) is 0 Å². The Balaban J connectivity index is 2.16. The number of nitrogens with zero attached hydrogens (tertiary/aromatic N) is 1. The van der Waals surface area contributed by atoms with E-state index < -0.39 is 0 Å². The van der Waals surface area contributed by atoms with Crippen molar-refractivity contribution < 1.29 is 0 Å². The molecule has 1 heterocycles. The molecule has 0 saturated heterocycles. The van der Waals surface area contributed by atoms with Gasteiger partial charge in [-0.25, -0.2) is 0 Å². The third-order valence-corrected chi connectivity index (χ3v) is 2.95. The predicted octanol–water partition coefficient (Wildman–Crippen LogP) is 3.24. The standard InChI is InChI=1S/C13H14ClN3/c1-9-7-16-6-5-10(9)8-17-13-11(14)3-2-4-12(13)15/h2-7,17H,8,15H2,1H3. The topological polar surface area (TPSA) is 50.9 Å². The number of aryl methyl sites for hydroxylation is 1. The highest BCUT2D eigenvalue weighted by atomic mass is 35.5. The van der Waals surface area contributed by atoms with Gasteiger partial charge in [0.1, 0.15) is 0 Å². The molecule has 1 aromatic heterocycles. The average molecular weight is 248 g/mol. The van der Waals surface area contributed by atoms with E-state index in [0.29, 0.717) is 17.3 Å². The molecule has 0 amide bonds. The molecule has 0 saturated carbocycles. The van der Waals surface area contributed by atoms with Gasteiger partial charge in [0.2, 0.25) is 0 Å². The molecule has 2 rings (SSSR count). The summed E-state index contributed by atoms with van der Waals surface area (Å²) in [4.78, 5) is 4.06. The summed E-state index contributed by atoms with van der Waals surface area (Å²) in [5, 5.41) is 3.89. The van der Waals surface area contributed by atoms with Gasteiger partial charge in [-0.15, -0.1) is 0 Å². The third kappa shape index (κ3) is 2.68. The van der Waals surface area contributed by atoms with Crippen LogP contribution in [0.4, 0.5) is 11.4 Å². The Morgan fingerprint density at radius 1 is 1.35 bits per heavy atom. The number of benzene rings is 1. The van der Waals surface area contributed by atoms with Gasteiger partial charge >= 0.3 is 0 Å².